The van der Waals surface area contributed by atoms with Gasteiger partial charge in [-0.1, -0.05) is 12.1 Å². The molecule has 1 aromatic heterocycles. The number of nitrogens with one attached hydrogen (secondary N) is 2. The molecule has 2 N–H and O–H groups in total. The minimum Gasteiger partial charge on any atom is -0.465 e. The average molecular weight is 377 g/mol. The third kappa shape index (κ3) is 2.98. The number of aromatic amines is 2. The molecule has 0 atom stereocenters. The van der Waals surface area contributed by atoms with E-state index in [-0.39, 0.29) is 22.4 Å². The first-order chi connectivity index (χ1) is 13.5. The monoisotopic (exact) mass is 377 g/mol. The molecule has 0 bridgehead atoms. The van der Waals surface area contributed by atoms with E-state index in [4.69, 9.17) is 4.74 Å². The van der Waals surface area contributed by atoms with Gasteiger partial charge in [0.05, 0.1) is 12.7 Å². The molecule has 0 unspecified atom stereocenters. The molecule has 0 spiro atoms. The van der Waals surface area contributed by atoms with Crippen LogP contribution in [-0.2, 0) is 4.74 Å². The summed E-state index contributed by atoms with van der Waals surface area (Å²) in [5, 5.41) is 6.25. The third-order valence-corrected chi connectivity index (χ3v) is 4.25. The van der Waals surface area contributed by atoms with Gasteiger partial charge < -0.3 is 14.3 Å². The van der Waals surface area contributed by atoms with Gasteiger partial charge in [0.1, 0.15) is 17.1 Å². The standard InChI is InChI=1S/C19H15N5O4/c1-10-6-15(25)21-17(20-10)11-4-3-5-12(7-11)24-8-13-16(22-23-18(13)26)14(9-24)19(27)28-2/h3-9H,1-2H3,(H,23,26)(H,20,21,25). The zero-order valence-electron chi connectivity index (χ0n) is 15.0. The Morgan fingerprint density at radius 2 is 2.00 bits per heavy atom. The van der Waals surface area contributed by atoms with Gasteiger partial charge in [0.15, 0.2) is 0 Å². The van der Waals surface area contributed by atoms with Crippen molar-refractivity contribution in [2.45, 2.75) is 6.92 Å². The molecular weight excluding hydrogens is 362 g/mol. The molecule has 2 aromatic rings. The van der Waals surface area contributed by atoms with E-state index in [2.05, 4.69) is 20.2 Å². The first-order valence-corrected chi connectivity index (χ1v) is 8.34. The van der Waals surface area contributed by atoms with Crippen LogP contribution in [-0.4, -0.2) is 37.8 Å². The van der Waals surface area contributed by atoms with E-state index in [0.717, 1.165) is 0 Å². The number of esters is 1. The van der Waals surface area contributed by atoms with Gasteiger partial charge in [0.25, 0.3) is 11.1 Å². The number of carbonyl (C=O) groups excluding carboxylic acids is 1. The van der Waals surface area contributed by atoms with Gasteiger partial charge in [0.2, 0.25) is 0 Å². The number of carbonyl (C=O) groups is 1. The number of aryl methyl sites for hydroxylation is 1. The summed E-state index contributed by atoms with van der Waals surface area (Å²) < 4.78 is 6.43. The molecule has 28 heavy (non-hydrogen) atoms. The van der Waals surface area contributed by atoms with Crippen molar-refractivity contribution in [1.82, 2.24) is 24.7 Å². The number of H-pyrrole nitrogens is 2. The predicted octanol–water partition coefficient (Wildman–Crippen LogP) is 1.51. The first-order valence-electron chi connectivity index (χ1n) is 8.34. The van der Waals surface area contributed by atoms with Crippen molar-refractivity contribution < 1.29 is 9.53 Å². The number of methoxy groups -OCH3 is 1. The lowest BCUT2D eigenvalue weighted by atomic mass is 10.1. The molecule has 0 saturated heterocycles. The van der Waals surface area contributed by atoms with Crippen molar-refractivity contribution >= 4 is 5.97 Å². The summed E-state index contributed by atoms with van der Waals surface area (Å²) in [7, 11) is 1.26. The molecule has 9 heteroatoms. The molecule has 0 saturated carbocycles. The second-order valence-corrected chi connectivity index (χ2v) is 6.17. The fraction of sp³-hybridized carbons (Fsp3) is 0.105. The van der Waals surface area contributed by atoms with Crippen LogP contribution in [0.25, 0.3) is 28.3 Å². The largest absolute Gasteiger partial charge is 0.465 e. The normalized spacial score (nSPS) is 10.9. The van der Waals surface area contributed by atoms with Crippen LogP contribution in [0.2, 0.25) is 0 Å². The summed E-state index contributed by atoms with van der Waals surface area (Å²) in [5.41, 5.74) is 1.95. The number of hydrogen-bond acceptors (Lipinski definition) is 6. The average Bonchev–Trinajstić information content (AvgIpc) is 3.07. The van der Waals surface area contributed by atoms with E-state index in [1.54, 1.807) is 48.1 Å². The Morgan fingerprint density at radius 3 is 2.75 bits per heavy atom. The number of hydrogen-bond donors (Lipinski definition) is 2. The molecule has 0 radical (unpaired) electrons. The van der Waals surface area contributed by atoms with Crippen molar-refractivity contribution in [2.24, 2.45) is 0 Å². The Labute approximate surface area is 158 Å². The minimum atomic E-state index is -0.605. The van der Waals surface area contributed by atoms with Crippen molar-refractivity contribution in [3.8, 4) is 28.3 Å². The molecular formula is C19H15N5O4. The van der Waals surface area contributed by atoms with Gasteiger partial charge in [-0.25, -0.2) is 14.9 Å². The predicted molar refractivity (Wildman–Crippen MR) is 101 cm³/mol. The molecule has 0 fully saturated rings. The highest BCUT2D eigenvalue weighted by atomic mass is 16.5. The number of rotatable bonds is 3. The molecule has 4 rings (SSSR count). The van der Waals surface area contributed by atoms with Crippen molar-refractivity contribution in [1.29, 1.82) is 0 Å². The van der Waals surface area contributed by atoms with E-state index in [1.165, 1.54) is 13.2 Å². The summed E-state index contributed by atoms with van der Waals surface area (Å²) in [6.45, 7) is 1.74. The lowest BCUT2D eigenvalue weighted by molar-refractivity contribution is 0.0600. The van der Waals surface area contributed by atoms with E-state index in [1.807, 2.05) is 0 Å². The van der Waals surface area contributed by atoms with Crippen LogP contribution in [0, 0.1) is 6.92 Å². The summed E-state index contributed by atoms with van der Waals surface area (Å²) in [4.78, 5) is 43.0. The first kappa shape index (κ1) is 17.4. The van der Waals surface area contributed by atoms with Crippen LogP contribution in [0.4, 0.5) is 0 Å². The van der Waals surface area contributed by atoms with Crippen LogP contribution in [0.1, 0.15) is 16.1 Å². The minimum absolute atomic E-state index is 0.158. The number of ether oxygens (including phenoxy) is 1. The van der Waals surface area contributed by atoms with Crippen LogP contribution in [0.5, 0.6) is 0 Å². The summed E-state index contributed by atoms with van der Waals surface area (Å²) in [6.07, 6.45) is 3.12. The molecule has 2 aliphatic rings. The Morgan fingerprint density at radius 1 is 1.18 bits per heavy atom. The Bertz CT molecular complexity index is 1280. The Kier molecular flexibility index (Phi) is 4.11. The lowest BCUT2D eigenvalue weighted by Crippen LogP contribution is -2.11. The molecule has 0 amide bonds. The Balaban J connectivity index is 1.90. The van der Waals surface area contributed by atoms with Crippen molar-refractivity contribution in [3.05, 3.63) is 74.7 Å². The highest BCUT2D eigenvalue weighted by molar-refractivity contribution is 5.96. The number of benzene rings is 1. The van der Waals surface area contributed by atoms with Gasteiger partial charge in [-0.3, -0.25) is 9.59 Å². The van der Waals surface area contributed by atoms with Crippen LogP contribution in [0.3, 0.4) is 0 Å². The molecule has 2 aliphatic heterocycles. The van der Waals surface area contributed by atoms with Crippen molar-refractivity contribution in [2.75, 3.05) is 7.11 Å². The summed E-state index contributed by atoms with van der Waals surface area (Å²) >= 11 is 0. The fourth-order valence-corrected chi connectivity index (χ4v) is 2.97. The lowest BCUT2D eigenvalue weighted by Gasteiger charge is -2.13. The molecule has 9 nitrogen and oxygen atoms in total. The van der Waals surface area contributed by atoms with E-state index in [0.29, 0.717) is 22.8 Å². The highest BCUT2D eigenvalue weighted by Crippen LogP contribution is 2.24. The van der Waals surface area contributed by atoms with Gasteiger partial charge in [-0.2, -0.15) is 5.10 Å². The summed E-state index contributed by atoms with van der Waals surface area (Å²) in [5.74, 6) is -0.179. The second-order valence-electron chi connectivity index (χ2n) is 6.17. The van der Waals surface area contributed by atoms with Crippen LogP contribution in [0.15, 0.2) is 52.3 Å². The zero-order chi connectivity index (χ0) is 19.8. The van der Waals surface area contributed by atoms with E-state index >= 15 is 0 Å². The number of pyridine rings is 1. The number of fused-ring (bicyclic) bond motifs is 1. The highest BCUT2D eigenvalue weighted by Gasteiger charge is 2.22. The van der Waals surface area contributed by atoms with Gasteiger partial charge in [-0.15, -0.1) is 0 Å². The maximum atomic E-state index is 12.1. The zero-order valence-corrected chi connectivity index (χ0v) is 15.0. The van der Waals surface area contributed by atoms with Gasteiger partial charge in [-0.05, 0) is 19.1 Å². The smallest absolute Gasteiger partial charge is 0.341 e. The fourth-order valence-electron chi connectivity index (χ4n) is 2.97. The maximum absolute atomic E-state index is 12.1. The molecule has 140 valence electrons. The SMILES string of the molecule is COC(=O)c1cn(-c2cccc(-c3nc(C)cc(=O)[nH]3)c2)cc2c(=O)[nH]nc1-2. The summed E-state index contributed by atoms with van der Waals surface area (Å²) in [6, 6.07) is 8.59. The number of nitrogens with zero attached hydrogens (tertiary/aromatic N) is 3. The van der Waals surface area contributed by atoms with Crippen LogP contribution < -0.4 is 11.1 Å². The topological polar surface area (TPSA) is 123 Å². The van der Waals surface area contributed by atoms with Crippen molar-refractivity contribution in [3.63, 3.8) is 0 Å². The van der Waals surface area contributed by atoms with Gasteiger partial charge >= 0.3 is 5.97 Å². The van der Waals surface area contributed by atoms with E-state index < -0.39 is 11.5 Å². The second kappa shape index (κ2) is 6.62. The third-order valence-electron chi connectivity index (χ3n) is 4.25. The van der Waals surface area contributed by atoms with Gasteiger partial charge in [0, 0.05) is 35.4 Å². The number of aromatic nitrogens is 5. The maximum Gasteiger partial charge on any atom is 0.341 e. The Hall–Kier alpha value is -4.01. The van der Waals surface area contributed by atoms with Crippen LogP contribution >= 0.6 is 0 Å². The quantitative estimate of drug-likeness (QED) is 0.522. The van der Waals surface area contributed by atoms with E-state index in [9.17, 15) is 14.4 Å². The molecule has 0 aliphatic carbocycles. The molecule has 1 aromatic carbocycles. The molecule has 3 heterocycles.